The van der Waals surface area contributed by atoms with Crippen LogP contribution in [0.2, 0.25) is 0 Å². The van der Waals surface area contributed by atoms with E-state index in [4.69, 9.17) is 4.74 Å². The van der Waals surface area contributed by atoms with Gasteiger partial charge in [0.2, 0.25) is 0 Å². The van der Waals surface area contributed by atoms with E-state index in [1.165, 1.54) is 12.8 Å². The van der Waals surface area contributed by atoms with Gasteiger partial charge in [-0.25, -0.2) is 0 Å². The van der Waals surface area contributed by atoms with Crippen molar-refractivity contribution in [2.75, 3.05) is 24.6 Å². The molecule has 118 valence electrons. The van der Waals surface area contributed by atoms with Crippen molar-refractivity contribution in [3.8, 4) is 0 Å². The standard InChI is InChI=1S/C16H22N4O2/c1-15(2)16(9-11(16)10-22-15)17-14(21)12-5-6-13(19-18-12)20-7-3-4-8-20/h5-6,11H,3-4,7-10H2,1-2H3,(H,17,21). The minimum absolute atomic E-state index is 0.151. The average Bonchev–Trinajstić information content (AvgIpc) is 2.88. The molecule has 3 fully saturated rings. The van der Waals surface area contributed by atoms with Crippen LogP contribution in [0.4, 0.5) is 5.82 Å². The van der Waals surface area contributed by atoms with E-state index in [1.54, 1.807) is 6.07 Å². The number of carbonyl (C=O) groups is 1. The largest absolute Gasteiger partial charge is 0.373 e. The first-order valence-corrected chi connectivity index (χ1v) is 8.07. The fourth-order valence-electron chi connectivity index (χ4n) is 3.84. The molecule has 0 aromatic carbocycles. The lowest BCUT2D eigenvalue weighted by atomic mass is 9.95. The predicted molar refractivity (Wildman–Crippen MR) is 81.8 cm³/mol. The van der Waals surface area contributed by atoms with E-state index >= 15 is 0 Å². The number of fused-ring (bicyclic) bond motifs is 1. The summed E-state index contributed by atoms with van der Waals surface area (Å²) in [5.74, 6) is 1.14. The van der Waals surface area contributed by atoms with Crippen molar-refractivity contribution < 1.29 is 9.53 Å². The molecule has 3 aliphatic rings. The number of nitrogens with zero attached hydrogens (tertiary/aromatic N) is 3. The minimum atomic E-state index is -0.309. The third-order valence-corrected chi connectivity index (χ3v) is 5.47. The van der Waals surface area contributed by atoms with Gasteiger partial charge in [-0.15, -0.1) is 10.2 Å². The number of nitrogens with one attached hydrogen (secondary N) is 1. The summed E-state index contributed by atoms with van der Waals surface area (Å²) in [4.78, 5) is 14.7. The molecule has 6 heteroatoms. The third kappa shape index (κ3) is 2.00. The number of rotatable bonds is 3. The molecule has 3 heterocycles. The van der Waals surface area contributed by atoms with Crippen LogP contribution in [-0.2, 0) is 4.74 Å². The maximum absolute atomic E-state index is 12.5. The topological polar surface area (TPSA) is 67.3 Å². The van der Waals surface area contributed by atoms with E-state index < -0.39 is 0 Å². The number of carbonyl (C=O) groups excluding carboxylic acids is 1. The highest BCUT2D eigenvalue weighted by molar-refractivity contribution is 5.93. The quantitative estimate of drug-likeness (QED) is 0.913. The van der Waals surface area contributed by atoms with Crippen LogP contribution in [0, 0.1) is 5.92 Å². The molecule has 2 atom stereocenters. The minimum Gasteiger partial charge on any atom is -0.373 e. The maximum atomic E-state index is 12.5. The van der Waals surface area contributed by atoms with Crippen molar-refractivity contribution >= 4 is 11.7 Å². The Hall–Kier alpha value is -1.69. The van der Waals surface area contributed by atoms with Gasteiger partial charge in [-0.2, -0.15) is 0 Å². The van der Waals surface area contributed by atoms with Crippen molar-refractivity contribution in [1.29, 1.82) is 0 Å². The second-order valence-corrected chi connectivity index (χ2v) is 7.12. The lowest BCUT2D eigenvalue weighted by Crippen LogP contribution is -2.51. The molecule has 0 bridgehead atoms. The van der Waals surface area contributed by atoms with Crippen molar-refractivity contribution in [2.24, 2.45) is 5.92 Å². The molecule has 1 saturated carbocycles. The molecule has 1 aromatic rings. The highest BCUT2D eigenvalue weighted by Gasteiger charge is 2.69. The fraction of sp³-hybridized carbons (Fsp3) is 0.688. The maximum Gasteiger partial charge on any atom is 0.272 e. The zero-order chi connectivity index (χ0) is 15.4. The molecule has 1 aliphatic carbocycles. The third-order valence-electron chi connectivity index (χ3n) is 5.47. The smallest absolute Gasteiger partial charge is 0.272 e. The van der Waals surface area contributed by atoms with E-state index in [0.717, 1.165) is 31.9 Å². The summed E-state index contributed by atoms with van der Waals surface area (Å²) >= 11 is 0. The molecule has 1 aromatic heterocycles. The highest BCUT2D eigenvalue weighted by Crippen LogP contribution is 2.57. The molecule has 2 aliphatic heterocycles. The molecule has 22 heavy (non-hydrogen) atoms. The number of hydrogen-bond acceptors (Lipinski definition) is 5. The van der Waals surface area contributed by atoms with Crippen LogP contribution in [-0.4, -0.2) is 46.9 Å². The van der Waals surface area contributed by atoms with E-state index in [2.05, 4.69) is 20.4 Å². The lowest BCUT2D eigenvalue weighted by Gasteiger charge is -2.30. The summed E-state index contributed by atoms with van der Waals surface area (Å²) in [6.07, 6.45) is 3.39. The van der Waals surface area contributed by atoms with Gasteiger partial charge >= 0.3 is 0 Å². The second kappa shape index (κ2) is 4.65. The Labute approximate surface area is 130 Å². The summed E-state index contributed by atoms with van der Waals surface area (Å²) in [6.45, 7) is 6.87. The fourth-order valence-corrected chi connectivity index (χ4v) is 3.84. The number of ether oxygens (including phenoxy) is 1. The summed E-state index contributed by atoms with van der Waals surface area (Å²) in [5.41, 5.74) is -0.152. The Bertz CT molecular complexity index is 595. The van der Waals surface area contributed by atoms with Gasteiger partial charge in [-0.05, 0) is 45.2 Å². The van der Waals surface area contributed by atoms with Crippen LogP contribution in [0.25, 0.3) is 0 Å². The Morgan fingerprint density at radius 2 is 2.09 bits per heavy atom. The first-order valence-electron chi connectivity index (χ1n) is 8.07. The number of hydrogen-bond donors (Lipinski definition) is 1. The monoisotopic (exact) mass is 302 g/mol. The molecule has 2 saturated heterocycles. The molecule has 0 radical (unpaired) electrons. The molecule has 2 unspecified atom stereocenters. The normalized spacial score (nSPS) is 31.9. The molecule has 1 amide bonds. The molecular formula is C16H22N4O2. The molecule has 1 N–H and O–H groups in total. The molecule has 4 rings (SSSR count). The molecule has 6 nitrogen and oxygen atoms in total. The summed E-state index contributed by atoms with van der Waals surface area (Å²) in [6, 6.07) is 3.67. The Morgan fingerprint density at radius 1 is 1.32 bits per heavy atom. The predicted octanol–water partition coefficient (Wildman–Crippen LogP) is 1.37. The molecule has 0 spiro atoms. The zero-order valence-corrected chi connectivity index (χ0v) is 13.1. The van der Waals surface area contributed by atoms with Gasteiger partial charge < -0.3 is 15.0 Å². The van der Waals surface area contributed by atoms with Crippen LogP contribution in [0.3, 0.4) is 0 Å². The summed E-state index contributed by atoms with van der Waals surface area (Å²) < 4.78 is 5.77. The molecular weight excluding hydrogens is 280 g/mol. The summed E-state index contributed by atoms with van der Waals surface area (Å²) in [5, 5.41) is 11.5. The lowest BCUT2D eigenvalue weighted by molar-refractivity contribution is -0.00873. The Balaban J connectivity index is 1.47. The first-order chi connectivity index (χ1) is 10.5. The van der Waals surface area contributed by atoms with Crippen LogP contribution in [0.5, 0.6) is 0 Å². The Morgan fingerprint density at radius 3 is 2.64 bits per heavy atom. The first kappa shape index (κ1) is 13.9. The van der Waals surface area contributed by atoms with Crippen molar-refractivity contribution in [2.45, 2.75) is 44.2 Å². The van der Waals surface area contributed by atoms with Gasteiger partial charge in [-0.1, -0.05) is 0 Å². The van der Waals surface area contributed by atoms with Crippen LogP contribution in [0.1, 0.15) is 43.6 Å². The summed E-state index contributed by atoms with van der Waals surface area (Å²) in [7, 11) is 0. The number of anilines is 1. The van der Waals surface area contributed by atoms with Gasteiger partial charge in [-0.3, -0.25) is 4.79 Å². The Kier molecular flexibility index (Phi) is 2.95. The van der Waals surface area contributed by atoms with Crippen molar-refractivity contribution in [3.05, 3.63) is 17.8 Å². The van der Waals surface area contributed by atoms with E-state index in [1.807, 2.05) is 19.9 Å². The number of amides is 1. The number of aromatic nitrogens is 2. The van der Waals surface area contributed by atoms with Gasteiger partial charge in [0, 0.05) is 19.0 Å². The van der Waals surface area contributed by atoms with Gasteiger partial charge in [0.05, 0.1) is 17.7 Å². The van der Waals surface area contributed by atoms with Crippen LogP contribution < -0.4 is 10.2 Å². The van der Waals surface area contributed by atoms with Crippen molar-refractivity contribution in [1.82, 2.24) is 15.5 Å². The van der Waals surface area contributed by atoms with E-state index in [-0.39, 0.29) is 17.0 Å². The van der Waals surface area contributed by atoms with Gasteiger partial charge in [0.25, 0.3) is 5.91 Å². The van der Waals surface area contributed by atoms with Crippen molar-refractivity contribution in [3.63, 3.8) is 0 Å². The highest BCUT2D eigenvalue weighted by atomic mass is 16.5. The zero-order valence-electron chi connectivity index (χ0n) is 13.1. The SMILES string of the molecule is CC1(C)OCC2CC21NC(=O)c1ccc(N2CCCC2)nn1. The van der Waals surface area contributed by atoms with Crippen LogP contribution in [0.15, 0.2) is 12.1 Å². The van der Waals surface area contributed by atoms with Gasteiger partial charge in [0.1, 0.15) is 0 Å². The van der Waals surface area contributed by atoms with Crippen LogP contribution >= 0.6 is 0 Å². The second-order valence-electron chi connectivity index (χ2n) is 7.12. The van der Waals surface area contributed by atoms with E-state index in [0.29, 0.717) is 11.6 Å². The average molecular weight is 302 g/mol. The van der Waals surface area contributed by atoms with Gasteiger partial charge in [0.15, 0.2) is 11.5 Å². The van der Waals surface area contributed by atoms with E-state index in [9.17, 15) is 4.79 Å².